The van der Waals surface area contributed by atoms with Gasteiger partial charge in [0.25, 0.3) is 5.69 Å². The summed E-state index contributed by atoms with van der Waals surface area (Å²) in [6.07, 6.45) is 50.7. The summed E-state index contributed by atoms with van der Waals surface area (Å²) in [4.78, 5) is 28.2. The van der Waals surface area contributed by atoms with Gasteiger partial charge in [0.1, 0.15) is 5.75 Å². The highest BCUT2D eigenvalue weighted by molar-refractivity contribution is 6.01. The summed E-state index contributed by atoms with van der Waals surface area (Å²) in [5, 5.41) is 12.1. The number of fused-ring (bicyclic) bond motifs is 2. The molecule has 0 amide bonds. The molecule has 360 valence electrons. The molecule has 2 aliphatic heterocycles. The average Bonchev–Trinajstić information content (AvgIpc) is 3.47. The highest BCUT2D eigenvalue weighted by Crippen LogP contribution is 2.55. The second-order valence-electron chi connectivity index (χ2n) is 20.4. The molecule has 1 unspecified atom stereocenters. The molecule has 0 saturated carbocycles. The van der Waals surface area contributed by atoms with Crippen LogP contribution in [0, 0.1) is 10.1 Å². The molecular weight excluding hydrogens is 789 g/mol. The largest absolute Gasteiger partial charge is 0.462 e. The molecule has 2 aromatic rings. The van der Waals surface area contributed by atoms with Gasteiger partial charge in [-0.15, -0.1) is 0 Å². The second-order valence-corrected chi connectivity index (χ2v) is 20.4. The Kier molecular flexibility index (Phi) is 25.8. The van der Waals surface area contributed by atoms with Gasteiger partial charge in [-0.25, -0.2) is 0 Å². The number of hydrogen-bond donors (Lipinski definition) is 0. The number of nitrogens with zero attached hydrogens (tertiary/aromatic N) is 2. The summed E-state index contributed by atoms with van der Waals surface area (Å²) in [5.74, 6) is 0.434. The zero-order chi connectivity index (χ0) is 45.7. The van der Waals surface area contributed by atoms with E-state index in [9.17, 15) is 14.9 Å². The van der Waals surface area contributed by atoms with Gasteiger partial charge in [-0.05, 0) is 50.5 Å². The minimum absolute atomic E-state index is 0.0570. The Morgan fingerprint density at radius 1 is 0.578 bits per heavy atom. The number of rotatable bonds is 39. The van der Waals surface area contributed by atoms with E-state index in [1.165, 1.54) is 216 Å². The normalized spacial score (nSPS) is 16.0. The van der Waals surface area contributed by atoms with Gasteiger partial charge in [0.05, 0.1) is 15.9 Å². The van der Waals surface area contributed by atoms with Crippen LogP contribution >= 0.6 is 0 Å². The third-order valence-electron chi connectivity index (χ3n) is 14.8. The van der Waals surface area contributed by atoms with Gasteiger partial charge in [-0.1, -0.05) is 244 Å². The smallest absolute Gasteiger partial charge is 0.271 e. The van der Waals surface area contributed by atoms with Crippen molar-refractivity contribution in [2.75, 3.05) is 11.4 Å². The standard InChI is InChI=1S/C58H94N2O4/c1-5-7-9-11-13-15-17-19-21-23-24-25-26-28-30-32-34-36-38-44-55(61)52-49-51(60(62)63)48-50-45-46-58(64-56(50)52)57(3,4)53-42-39-40-43-54(53)59(58)47-41-37-35-33-31-29-27-22-20-18-16-14-12-10-8-6-2/h39-40,42-43,45-46,48-49H,5-38,41,44,47H2,1-4H3. The highest BCUT2D eigenvalue weighted by Gasteiger charge is 2.59. The summed E-state index contributed by atoms with van der Waals surface area (Å²) in [6, 6.07) is 11.7. The molecular formula is C58H94N2O4. The molecule has 0 fully saturated rings. The number of ketones is 1. The van der Waals surface area contributed by atoms with E-state index in [-0.39, 0.29) is 16.4 Å². The molecule has 0 aliphatic carbocycles. The number of para-hydroxylation sites is 1. The van der Waals surface area contributed by atoms with Crippen molar-refractivity contribution in [3.63, 3.8) is 0 Å². The lowest BCUT2D eigenvalue weighted by atomic mass is 9.76. The van der Waals surface area contributed by atoms with Crippen LogP contribution in [-0.4, -0.2) is 23.0 Å². The van der Waals surface area contributed by atoms with Gasteiger partial charge >= 0.3 is 0 Å². The molecule has 2 heterocycles. The lowest BCUT2D eigenvalue weighted by Crippen LogP contribution is -2.60. The predicted octanol–water partition coefficient (Wildman–Crippen LogP) is 18.8. The topological polar surface area (TPSA) is 72.7 Å². The van der Waals surface area contributed by atoms with E-state index in [4.69, 9.17) is 4.74 Å². The van der Waals surface area contributed by atoms with Crippen molar-refractivity contribution >= 4 is 23.2 Å². The zero-order valence-electron chi connectivity index (χ0n) is 41.8. The summed E-state index contributed by atoms with van der Waals surface area (Å²) in [5.41, 5.74) is 2.03. The third kappa shape index (κ3) is 17.3. The van der Waals surface area contributed by atoms with Gasteiger partial charge in [0, 0.05) is 36.3 Å². The summed E-state index contributed by atoms with van der Waals surface area (Å²) in [7, 11) is 0. The summed E-state index contributed by atoms with van der Waals surface area (Å²) >= 11 is 0. The van der Waals surface area contributed by atoms with Gasteiger partial charge in [0.15, 0.2) is 5.78 Å². The van der Waals surface area contributed by atoms with Crippen molar-refractivity contribution in [2.45, 2.75) is 270 Å². The molecule has 4 rings (SSSR count). The van der Waals surface area contributed by atoms with E-state index >= 15 is 0 Å². The molecule has 1 atom stereocenters. The number of carbonyl (C=O) groups excluding carboxylic acids is 1. The van der Waals surface area contributed by atoms with Crippen LogP contribution in [0.1, 0.15) is 280 Å². The predicted molar refractivity (Wildman–Crippen MR) is 274 cm³/mol. The van der Waals surface area contributed by atoms with Crippen LogP contribution in [0.4, 0.5) is 11.4 Å². The lowest BCUT2D eigenvalue weighted by Gasteiger charge is -2.47. The van der Waals surface area contributed by atoms with Crippen molar-refractivity contribution in [1.29, 1.82) is 0 Å². The van der Waals surface area contributed by atoms with E-state index in [1.807, 2.05) is 6.08 Å². The number of anilines is 1. The van der Waals surface area contributed by atoms with Crippen molar-refractivity contribution in [3.05, 3.63) is 69.3 Å². The van der Waals surface area contributed by atoms with Crippen molar-refractivity contribution in [2.24, 2.45) is 0 Å². The van der Waals surface area contributed by atoms with Crippen LogP contribution < -0.4 is 9.64 Å². The summed E-state index contributed by atoms with van der Waals surface area (Å²) < 4.78 is 7.20. The number of hydrogen-bond acceptors (Lipinski definition) is 5. The minimum Gasteiger partial charge on any atom is -0.462 e. The Morgan fingerprint density at radius 3 is 1.42 bits per heavy atom. The molecule has 0 N–H and O–H groups in total. The Bertz CT molecular complexity index is 1630. The first-order chi connectivity index (χ1) is 31.3. The van der Waals surface area contributed by atoms with E-state index < -0.39 is 11.1 Å². The fourth-order valence-corrected chi connectivity index (χ4v) is 10.6. The van der Waals surface area contributed by atoms with Crippen molar-refractivity contribution in [1.82, 2.24) is 0 Å². The maximum Gasteiger partial charge on any atom is 0.271 e. The molecule has 0 radical (unpaired) electrons. The molecule has 2 aromatic carbocycles. The Balaban J connectivity index is 1.20. The number of benzene rings is 2. The first-order valence-electron chi connectivity index (χ1n) is 27.4. The molecule has 0 bridgehead atoms. The van der Waals surface area contributed by atoms with Crippen LogP contribution in [-0.2, 0) is 5.41 Å². The SMILES string of the molecule is CCCCCCCCCCCCCCCCCCCCCC(=O)c1cc([N+](=O)[O-])cc2c1OC1(C=C2)N(CCCCCCCCCCCCCCCCCC)c2ccccc2C1(C)C. The zero-order valence-corrected chi connectivity index (χ0v) is 41.8. The molecule has 0 aromatic heterocycles. The van der Waals surface area contributed by atoms with Gasteiger partial charge in [-0.3, -0.25) is 14.9 Å². The molecule has 1 spiro atoms. The van der Waals surface area contributed by atoms with E-state index in [1.54, 1.807) is 6.07 Å². The molecule has 0 saturated heterocycles. The Labute approximate surface area is 392 Å². The monoisotopic (exact) mass is 883 g/mol. The Morgan fingerprint density at radius 2 is 0.984 bits per heavy atom. The van der Waals surface area contributed by atoms with Gasteiger partial charge in [-0.2, -0.15) is 0 Å². The fourth-order valence-electron chi connectivity index (χ4n) is 10.6. The number of nitro groups is 1. The average molecular weight is 883 g/mol. The first-order valence-corrected chi connectivity index (χ1v) is 27.4. The number of nitro benzene ring substituents is 1. The van der Waals surface area contributed by atoms with Crippen molar-refractivity contribution in [3.8, 4) is 5.75 Å². The quantitative estimate of drug-likeness (QED) is 0.0289. The maximum atomic E-state index is 14.0. The lowest BCUT2D eigenvalue weighted by molar-refractivity contribution is -0.384. The van der Waals surface area contributed by atoms with E-state index in [0.717, 1.165) is 32.2 Å². The molecule has 64 heavy (non-hydrogen) atoms. The van der Waals surface area contributed by atoms with Gasteiger partial charge < -0.3 is 9.64 Å². The second kappa shape index (κ2) is 30.9. The number of Topliss-reactive ketones (excluding diaryl/α,β-unsaturated/α-hetero) is 1. The van der Waals surface area contributed by atoms with Crippen LogP contribution in [0.3, 0.4) is 0 Å². The Hall–Kier alpha value is -3.15. The number of carbonyl (C=O) groups is 1. The van der Waals surface area contributed by atoms with E-state index in [0.29, 0.717) is 23.3 Å². The van der Waals surface area contributed by atoms with Crippen molar-refractivity contribution < 1.29 is 14.5 Å². The van der Waals surface area contributed by atoms with Crippen LogP contribution in [0.25, 0.3) is 6.08 Å². The third-order valence-corrected chi connectivity index (χ3v) is 14.8. The number of ether oxygens (including phenoxy) is 1. The fraction of sp³-hybridized carbons (Fsp3) is 0.741. The highest BCUT2D eigenvalue weighted by atomic mass is 16.6. The maximum absolute atomic E-state index is 14.0. The van der Waals surface area contributed by atoms with Crippen LogP contribution in [0.5, 0.6) is 5.75 Å². The number of non-ortho nitro benzene ring substituents is 1. The molecule has 6 heteroatoms. The minimum atomic E-state index is -0.850. The van der Waals surface area contributed by atoms with Crippen LogP contribution in [0.15, 0.2) is 42.5 Å². The van der Waals surface area contributed by atoms with E-state index in [2.05, 4.69) is 62.9 Å². The molecule has 6 nitrogen and oxygen atoms in total. The number of unbranched alkanes of at least 4 members (excludes halogenated alkanes) is 33. The first kappa shape index (κ1) is 53.5. The van der Waals surface area contributed by atoms with Crippen LogP contribution in [0.2, 0.25) is 0 Å². The van der Waals surface area contributed by atoms with Gasteiger partial charge in [0.2, 0.25) is 5.72 Å². The molecule has 2 aliphatic rings. The summed E-state index contributed by atoms with van der Waals surface area (Å²) in [6.45, 7) is 9.89.